The third-order valence-electron chi connectivity index (χ3n) is 6.13. The van der Waals surface area contributed by atoms with Crippen LogP contribution in [0.1, 0.15) is 54.6 Å². The van der Waals surface area contributed by atoms with Crippen LogP contribution < -0.4 is 10.1 Å². The van der Waals surface area contributed by atoms with Crippen molar-refractivity contribution in [3.05, 3.63) is 59.9 Å². The second-order valence-electron chi connectivity index (χ2n) is 8.74. The molecule has 1 saturated heterocycles. The molecule has 5 rings (SSSR count). The minimum atomic E-state index is -0.646. The van der Waals surface area contributed by atoms with Gasteiger partial charge in [0, 0.05) is 30.9 Å². The Bertz CT molecular complexity index is 1320. The van der Waals surface area contributed by atoms with Gasteiger partial charge in [-0.2, -0.15) is 0 Å². The Morgan fingerprint density at radius 1 is 1.27 bits per heavy atom. The zero-order valence-corrected chi connectivity index (χ0v) is 20.7. The molecular formula is C26H29N5O6. The summed E-state index contributed by atoms with van der Waals surface area (Å²) < 4.78 is 22.6. The molecule has 2 N–H and O–H groups in total. The van der Waals surface area contributed by atoms with Crippen LogP contribution in [0.3, 0.4) is 0 Å². The average molecular weight is 508 g/mol. The summed E-state index contributed by atoms with van der Waals surface area (Å²) in [4.78, 5) is 38.4. The topological polar surface area (TPSA) is 128 Å². The van der Waals surface area contributed by atoms with Gasteiger partial charge in [0.2, 0.25) is 0 Å². The lowest BCUT2D eigenvalue weighted by atomic mass is 10.2. The van der Waals surface area contributed by atoms with E-state index in [-0.39, 0.29) is 18.0 Å². The van der Waals surface area contributed by atoms with Gasteiger partial charge in [0.25, 0.3) is 12.2 Å². The van der Waals surface area contributed by atoms with E-state index in [1.165, 1.54) is 12.6 Å². The van der Waals surface area contributed by atoms with Crippen LogP contribution in [-0.4, -0.2) is 64.2 Å². The largest absolute Gasteiger partial charge is 0.494 e. The molecule has 3 aromatic rings. The first-order chi connectivity index (χ1) is 18.1. The molecule has 0 radical (unpaired) electrons. The van der Waals surface area contributed by atoms with Crippen molar-refractivity contribution in [2.45, 2.75) is 39.0 Å². The number of benzene rings is 1. The monoisotopic (exact) mass is 507 g/mol. The van der Waals surface area contributed by atoms with Gasteiger partial charge in [-0.05, 0) is 31.9 Å². The lowest BCUT2D eigenvalue weighted by Crippen LogP contribution is -2.38. The third-order valence-corrected chi connectivity index (χ3v) is 6.13. The number of carbonyl (C=O) groups is 2. The maximum absolute atomic E-state index is 13.0. The summed E-state index contributed by atoms with van der Waals surface area (Å²) in [5.74, 6) is 0.884. The van der Waals surface area contributed by atoms with E-state index in [9.17, 15) is 9.59 Å². The highest BCUT2D eigenvalue weighted by atomic mass is 16.7. The molecule has 2 aliphatic heterocycles. The van der Waals surface area contributed by atoms with E-state index >= 15 is 0 Å². The molecule has 2 aromatic heterocycles. The van der Waals surface area contributed by atoms with Gasteiger partial charge in [-0.1, -0.05) is 19.1 Å². The van der Waals surface area contributed by atoms with Crippen molar-refractivity contribution in [1.29, 1.82) is 0 Å². The summed E-state index contributed by atoms with van der Waals surface area (Å²) in [6, 6.07) is 7.40. The van der Waals surface area contributed by atoms with Crippen molar-refractivity contribution in [2.24, 2.45) is 0 Å². The van der Waals surface area contributed by atoms with E-state index in [1.807, 2.05) is 24.3 Å². The fraction of sp³-hybridized carbons (Fsp3) is 0.385. The zero-order valence-electron chi connectivity index (χ0n) is 20.7. The summed E-state index contributed by atoms with van der Waals surface area (Å²) in [6.07, 6.45) is 5.04. The number of nitrogens with one attached hydrogen (secondary N) is 2. The number of aromatic nitrogens is 3. The van der Waals surface area contributed by atoms with Gasteiger partial charge in [-0.15, -0.1) is 0 Å². The van der Waals surface area contributed by atoms with Crippen LogP contribution in [0, 0.1) is 0 Å². The van der Waals surface area contributed by atoms with Crippen LogP contribution in [0.4, 0.5) is 4.79 Å². The molecule has 2 aliphatic rings. The molecule has 1 aromatic carbocycles. The lowest BCUT2D eigenvalue weighted by molar-refractivity contribution is -0.0173. The van der Waals surface area contributed by atoms with Crippen molar-refractivity contribution in [2.75, 3.05) is 26.3 Å². The molecule has 37 heavy (non-hydrogen) atoms. The Labute approximate surface area is 213 Å². The summed E-state index contributed by atoms with van der Waals surface area (Å²) in [5, 5.41) is 2.99. The molecule has 11 heteroatoms. The number of rotatable bonds is 8. The quantitative estimate of drug-likeness (QED) is 0.472. The van der Waals surface area contributed by atoms with E-state index in [1.54, 1.807) is 18.0 Å². The van der Waals surface area contributed by atoms with E-state index < -0.39 is 6.29 Å². The Morgan fingerprint density at radius 3 is 3.00 bits per heavy atom. The molecule has 11 nitrogen and oxygen atoms in total. The van der Waals surface area contributed by atoms with Gasteiger partial charge in [0.1, 0.15) is 29.5 Å². The lowest BCUT2D eigenvalue weighted by Gasteiger charge is -2.16. The molecule has 4 heterocycles. The number of amides is 2. The number of aromatic amines is 1. The molecule has 1 unspecified atom stereocenters. The SMILES string of the molecule is CCCOc1cccc(C2OC=C(c3ncnc4c(C(=O)N[C@@H]5CCN(C(=O)OCC)C5)c[nH]c34)O2)c1. The second-order valence-corrected chi connectivity index (χ2v) is 8.74. The van der Waals surface area contributed by atoms with Crippen molar-refractivity contribution in [1.82, 2.24) is 25.2 Å². The van der Waals surface area contributed by atoms with E-state index in [0.29, 0.717) is 60.8 Å². The van der Waals surface area contributed by atoms with Crippen LogP contribution in [0.15, 0.2) is 43.1 Å². The fourth-order valence-corrected chi connectivity index (χ4v) is 4.34. The van der Waals surface area contributed by atoms with Crippen molar-refractivity contribution in [3.8, 4) is 5.75 Å². The number of H-pyrrole nitrogens is 1. The Kier molecular flexibility index (Phi) is 7.11. The number of fused-ring (bicyclic) bond motifs is 1. The maximum Gasteiger partial charge on any atom is 0.409 e. The van der Waals surface area contributed by atoms with Gasteiger partial charge < -0.3 is 34.1 Å². The predicted molar refractivity (Wildman–Crippen MR) is 133 cm³/mol. The molecule has 2 atom stereocenters. The fourth-order valence-electron chi connectivity index (χ4n) is 4.34. The first kappa shape index (κ1) is 24.4. The molecule has 1 fully saturated rings. The van der Waals surface area contributed by atoms with Crippen LogP contribution in [0.2, 0.25) is 0 Å². The van der Waals surface area contributed by atoms with Gasteiger partial charge >= 0.3 is 6.09 Å². The number of nitrogens with zero attached hydrogens (tertiary/aromatic N) is 3. The Morgan fingerprint density at radius 2 is 2.16 bits per heavy atom. The highest BCUT2D eigenvalue weighted by Crippen LogP contribution is 2.36. The first-order valence-electron chi connectivity index (χ1n) is 12.4. The number of hydrogen-bond acceptors (Lipinski definition) is 8. The van der Waals surface area contributed by atoms with E-state index in [4.69, 9.17) is 18.9 Å². The Balaban J connectivity index is 1.28. The first-order valence-corrected chi connectivity index (χ1v) is 12.4. The summed E-state index contributed by atoms with van der Waals surface area (Å²) in [7, 11) is 0. The van der Waals surface area contributed by atoms with Gasteiger partial charge in [0.15, 0.2) is 5.76 Å². The summed E-state index contributed by atoms with van der Waals surface area (Å²) >= 11 is 0. The van der Waals surface area contributed by atoms with Gasteiger partial charge in [0.05, 0.1) is 24.3 Å². The highest BCUT2D eigenvalue weighted by molar-refractivity contribution is 6.06. The van der Waals surface area contributed by atoms with Crippen molar-refractivity contribution >= 4 is 28.8 Å². The standard InChI is InChI=1S/C26H29N5O6/c1-3-10-35-18-7-5-6-16(11-18)25-36-14-20(37-25)22-23-21(28-15-29-22)19(12-27-23)24(32)30-17-8-9-31(13-17)26(33)34-4-2/h5-7,11-12,14-15,17,25,27H,3-4,8-10,13H2,1-2H3,(H,30,32)/t17-,25?/m1/s1. The minimum Gasteiger partial charge on any atom is -0.494 e. The zero-order chi connectivity index (χ0) is 25.8. The predicted octanol–water partition coefficient (Wildman–Crippen LogP) is 3.75. The van der Waals surface area contributed by atoms with Crippen LogP contribution in [0.5, 0.6) is 5.75 Å². The number of likely N-dealkylation sites (tertiary alicyclic amines) is 1. The molecule has 2 amide bonds. The number of ether oxygens (including phenoxy) is 4. The van der Waals surface area contributed by atoms with Crippen LogP contribution in [-0.2, 0) is 14.2 Å². The Hall–Kier alpha value is -4.28. The molecule has 0 aliphatic carbocycles. The molecular weight excluding hydrogens is 478 g/mol. The second kappa shape index (κ2) is 10.8. The molecule has 0 saturated carbocycles. The normalized spacial score (nSPS) is 18.8. The van der Waals surface area contributed by atoms with Crippen LogP contribution >= 0.6 is 0 Å². The average Bonchev–Trinajstić information content (AvgIpc) is 3.67. The number of carbonyl (C=O) groups excluding carboxylic acids is 2. The highest BCUT2D eigenvalue weighted by Gasteiger charge is 2.30. The van der Waals surface area contributed by atoms with Gasteiger partial charge in [-0.3, -0.25) is 4.79 Å². The van der Waals surface area contributed by atoms with Crippen LogP contribution in [0.25, 0.3) is 16.8 Å². The van der Waals surface area contributed by atoms with E-state index in [0.717, 1.165) is 17.7 Å². The molecule has 0 bridgehead atoms. The number of hydrogen-bond donors (Lipinski definition) is 2. The minimum absolute atomic E-state index is 0.171. The van der Waals surface area contributed by atoms with E-state index in [2.05, 4.69) is 27.2 Å². The molecule has 194 valence electrons. The summed E-state index contributed by atoms with van der Waals surface area (Å²) in [5.41, 5.74) is 2.70. The summed E-state index contributed by atoms with van der Waals surface area (Å²) in [6.45, 7) is 5.69. The van der Waals surface area contributed by atoms with Crippen molar-refractivity contribution in [3.63, 3.8) is 0 Å². The molecule has 0 spiro atoms. The van der Waals surface area contributed by atoms with Gasteiger partial charge in [-0.25, -0.2) is 14.8 Å². The smallest absolute Gasteiger partial charge is 0.409 e. The maximum atomic E-state index is 13.0. The third kappa shape index (κ3) is 5.16. The van der Waals surface area contributed by atoms with Crippen molar-refractivity contribution < 1.29 is 28.5 Å².